The molecule has 2 N–H and O–H groups in total. The quantitative estimate of drug-likeness (QED) is 0.338. The Labute approximate surface area is 220 Å². The Bertz CT molecular complexity index is 1010. The van der Waals surface area contributed by atoms with Gasteiger partial charge in [0.05, 0.1) is 35.7 Å². The molecule has 2 unspecified atom stereocenters. The number of fused-ring (bicyclic) bond motifs is 1. The third-order valence-electron chi connectivity index (χ3n) is 8.17. The van der Waals surface area contributed by atoms with E-state index >= 15 is 0 Å². The van der Waals surface area contributed by atoms with Crippen molar-refractivity contribution < 1.29 is 33.7 Å². The standard InChI is InChI=1S/C29H43NO7/c1-8-10-21-26(33)17(2)11-9-12-29(7)24(37-29)14-22(18(3)13-20-16-35-19(4)30-20)36-25(32)15-23(31)28(5,6)27(21)34/h8,13,16-17,21-24,26,31,33H,1,9-12,14-15H2,2-7H3/t17-,21+,22-,23-,24?,26+,29?/m0/s1. The number of ether oxygens (including phenoxy) is 2. The van der Waals surface area contributed by atoms with Gasteiger partial charge in [0, 0.05) is 19.3 Å². The molecule has 2 fully saturated rings. The molecule has 0 aliphatic carbocycles. The van der Waals surface area contributed by atoms with Crippen LogP contribution in [0.15, 0.2) is 28.9 Å². The first-order chi connectivity index (χ1) is 17.3. The molecule has 0 bridgehead atoms. The monoisotopic (exact) mass is 517 g/mol. The number of aromatic nitrogens is 1. The number of aryl methyl sites for hydroxylation is 1. The first kappa shape index (κ1) is 29.3. The highest BCUT2D eigenvalue weighted by Crippen LogP contribution is 2.45. The van der Waals surface area contributed by atoms with E-state index in [1.54, 1.807) is 33.1 Å². The lowest BCUT2D eigenvalue weighted by atomic mass is 9.71. The van der Waals surface area contributed by atoms with Crippen molar-refractivity contribution in [2.45, 2.75) is 110 Å². The molecule has 7 atom stereocenters. The Kier molecular flexibility index (Phi) is 9.19. The lowest BCUT2D eigenvalue weighted by Gasteiger charge is -2.35. The van der Waals surface area contributed by atoms with Gasteiger partial charge in [-0.05, 0) is 50.7 Å². The van der Waals surface area contributed by atoms with E-state index in [-0.39, 0.29) is 29.8 Å². The van der Waals surface area contributed by atoms with Crippen LogP contribution in [-0.4, -0.2) is 57.0 Å². The van der Waals surface area contributed by atoms with E-state index < -0.39 is 35.6 Å². The average molecular weight is 518 g/mol. The minimum Gasteiger partial charge on any atom is -0.458 e. The van der Waals surface area contributed by atoms with Crippen molar-refractivity contribution in [1.82, 2.24) is 4.98 Å². The van der Waals surface area contributed by atoms with Crippen LogP contribution in [-0.2, 0) is 19.1 Å². The average Bonchev–Trinajstić information content (AvgIpc) is 3.27. The molecule has 206 valence electrons. The van der Waals surface area contributed by atoms with E-state index in [0.29, 0.717) is 24.4 Å². The number of cyclic esters (lactones) is 1. The molecule has 0 spiro atoms. The highest BCUT2D eigenvalue weighted by Gasteiger charge is 2.53. The zero-order chi connectivity index (χ0) is 27.5. The summed E-state index contributed by atoms with van der Waals surface area (Å²) >= 11 is 0. The summed E-state index contributed by atoms with van der Waals surface area (Å²) in [6, 6.07) is 0. The first-order valence-corrected chi connectivity index (χ1v) is 13.3. The van der Waals surface area contributed by atoms with Crippen LogP contribution in [0.2, 0.25) is 0 Å². The third kappa shape index (κ3) is 6.98. The van der Waals surface area contributed by atoms with Crippen molar-refractivity contribution in [1.29, 1.82) is 0 Å². The van der Waals surface area contributed by atoms with Gasteiger partial charge in [-0.3, -0.25) is 9.59 Å². The molecule has 0 radical (unpaired) electrons. The fourth-order valence-corrected chi connectivity index (χ4v) is 5.29. The number of nitrogens with zero attached hydrogens (tertiary/aromatic N) is 1. The summed E-state index contributed by atoms with van der Waals surface area (Å²) in [5.74, 6) is -1.19. The Balaban J connectivity index is 1.88. The van der Waals surface area contributed by atoms with Gasteiger partial charge >= 0.3 is 5.97 Å². The van der Waals surface area contributed by atoms with Gasteiger partial charge in [-0.1, -0.05) is 33.3 Å². The topological polar surface area (TPSA) is 122 Å². The molecule has 3 rings (SSSR count). The number of aliphatic hydroxyl groups is 2. The number of allylic oxidation sites excluding steroid dienone is 1. The summed E-state index contributed by atoms with van der Waals surface area (Å²) in [4.78, 5) is 30.9. The third-order valence-corrected chi connectivity index (χ3v) is 8.17. The maximum absolute atomic E-state index is 13.5. The SMILES string of the molecule is C=CC[C@H]1C(=O)C(C)(C)[C@@H](O)CC(=O)O[C@H](C(C)=Cc2coc(C)n2)CC2OC2(C)CCC[C@H](C)[C@H]1O. The Hall–Kier alpha value is -2.29. The minimum atomic E-state index is -1.28. The predicted octanol–water partition coefficient (Wildman–Crippen LogP) is 4.57. The number of epoxide rings is 1. The molecular formula is C29H43NO7. The number of carbonyl (C=O) groups excluding carboxylic acids is 2. The Morgan fingerprint density at radius 3 is 2.59 bits per heavy atom. The molecule has 8 heteroatoms. The molecule has 8 nitrogen and oxygen atoms in total. The van der Waals surface area contributed by atoms with Crippen LogP contribution < -0.4 is 0 Å². The van der Waals surface area contributed by atoms with Crippen molar-refractivity contribution in [3.8, 4) is 0 Å². The molecule has 0 saturated carbocycles. The van der Waals surface area contributed by atoms with Crippen molar-refractivity contribution in [3.63, 3.8) is 0 Å². The van der Waals surface area contributed by atoms with Crippen molar-refractivity contribution in [2.24, 2.45) is 17.3 Å². The number of hydrogen-bond donors (Lipinski definition) is 2. The highest BCUT2D eigenvalue weighted by atomic mass is 16.6. The van der Waals surface area contributed by atoms with E-state index in [4.69, 9.17) is 13.9 Å². The maximum atomic E-state index is 13.5. The van der Waals surface area contributed by atoms with Crippen LogP contribution in [0.1, 0.15) is 84.7 Å². The van der Waals surface area contributed by atoms with Crippen LogP contribution in [0.5, 0.6) is 0 Å². The van der Waals surface area contributed by atoms with Crippen LogP contribution in [0.25, 0.3) is 6.08 Å². The molecule has 1 aromatic rings. The van der Waals surface area contributed by atoms with Crippen molar-refractivity contribution in [2.75, 3.05) is 0 Å². The van der Waals surface area contributed by atoms with Gasteiger partial charge in [0.1, 0.15) is 23.8 Å². The Morgan fingerprint density at radius 2 is 1.97 bits per heavy atom. The van der Waals surface area contributed by atoms with E-state index in [9.17, 15) is 19.8 Å². The minimum absolute atomic E-state index is 0.0858. The number of oxazole rings is 1. The number of Topliss-reactive ketones (excluding diaryl/α,β-unsaturated/α-hetero) is 1. The second-order valence-electron chi connectivity index (χ2n) is 11.6. The molecule has 37 heavy (non-hydrogen) atoms. The molecule has 2 aliphatic rings. The highest BCUT2D eigenvalue weighted by molar-refractivity contribution is 5.88. The fourth-order valence-electron chi connectivity index (χ4n) is 5.29. The normalized spacial score (nSPS) is 35.9. The van der Waals surface area contributed by atoms with Gasteiger partial charge in [-0.15, -0.1) is 6.58 Å². The molecule has 0 aromatic carbocycles. The van der Waals surface area contributed by atoms with Crippen molar-refractivity contribution >= 4 is 17.8 Å². The first-order valence-electron chi connectivity index (χ1n) is 13.3. The number of carbonyl (C=O) groups is 2. The van der Waals surface area contributed by atoms with Gasteiger partial charge in [-0.25, -0.2) is 4.98 Å². The summed E-state index contributed by atoms with van der Waals surface area (Å²) in [5.41, 5.74) is -0.186. The second-order valence-corrected chi connectivity index (χ2v) is 11.6. The number of ketones is 1. The lowest BCUT2D eigenvalue weighted by Crippen LogP contribution is -2.46. The molecule has 2 aliphatic heterocycles. The van der Waals surface area contributed by atoms with Gasteiger partial charge in [0.25, 0.3) is 0 Å². The van der Waals surface area contributed by atoms with E-state index in [1.165, 1.54) is 0 Å². The van der Waals surface area contributed by atoms with Crippen LogP contribution in [0.4, 0.5) is 0 Å². The fraction of sp³-hybridized carbons (Fsp3) is 0.690. The maximum Gasteiger partial charge on any atom is 0.309 e. The number of hydrogen-bond acceptors (Lipinski definition) is 8. The number of rotatable bonds is 4. The zero-order valence-corrected chi connectivity index (χ0v) is 23.0. The summed E-state index contributed by atoms with van der Waals surface area (Å²) in [7, 11) is 0. The summed E-state index contributed by atoms with van der Waals surface area (Å²) in [6.45, 7) is 14.6. The largest absolute Gasteiger partial charge is 0.458 e. The number of aliphatic hydroxyl groups excluding tert-OH is 2. The molecular weight excluding hydrogens is 474 g/mol. The van der Waals surface area contributed by atoms with Crippen LogP contribution in [0, 0.1) is 24.2 Å². The van der Waals surface area contributed by atoms with Gasteiger partial charge in [-0.2, -0.15) is 0 Å². The molecule has 0 amide bonds. The second kappa shape index (κ2) is 11.6. The van der Waals surface area contributed by atoms with E-state index in [2.05, 4.69) is 18.5 Å². The van der Waals surface area contributed by atoms with Crippen LogP contribution in [0.3, 0.4) is 0 Å². The zero-order valence-electron chi connectivity index (χ0n) is 23.0. The van der Waals surface area contributed by atoms with Gasteiger partial charge in [0.2, 0.25) is 0 Å². The predicted molar refractivity (Wildman–Crippen MR) is 139 cm³/mol. The van der Waals surface area contributed by atoms with E-state index in [1.807, 2.05) is 19.9 Å². The smallest absolute Gasteiger partial charge is 0.309 e. The van der Waals surface area contributed by atoms with Gasteiger partial charge < -0.3 is 24.1 Å². The van der Waals surface area contributed by atoms with E-state index in [0.717, 1.165) is 24.8 Å². The Morgan fingerprint density at radius 1 is 1.27 bits per heavy atom. The summed E-state index contributed by atoms with van der Waals surface area (Å²) in [6.07, 6.45) is 4.93. The van der Waals surface area contributed by atoms with Crippen molar-refractivity contribution in [3.05, 3.63) is 36.1 Å². The molecule has 1 aromatic heterocycles. The number of esters is 1. The molecule has 2 saturated heterocycles. The molecule has 3 heterocycles. The lowest BCUT2D eigenvalue weighted by molar-refractivity contribution is -0.154. The van der Waals surface area contributed by atoms with Gasteiger partial charge in [0.15, 0.2) is 5.89 Å². The summed E-state index contributed by atoms with van der Waals surface area (Å²) in [5, 5.41) is 22.1. The summed E-state index contributed by atoms with van der Waals surface area (Å²) < 4.78 is 17.2. The van der Waals surface area contributed by atoms with Crippen LogP contribution >= 0.6 is 0 Å².